The van der Waals surface area contributed by atoms with E-state index in [4.69, 9.17) is 0 Å². The van der Waals surface area contributed by atoms with Gasteiger partial charge in [-0.05, 0) is 24.1 Å². The maximum Gasteiger partial charge on any atom is 0.447 e. The van der Waals surface area contributed by atoms with Gasteiger partial charge in [-0.25, -0.2) is 0 Å². The number of alkyl halides is 3. The van der Waals surface area contributed by atoms with Gasteiger partial charge in [0.05, 0.1) is 10.7 Å². The molecule has 0 spiro atoms. The molecule has 0 radical (unpaired) electrons. The Kier molecular flexibility index (Phi) is 3.12. The molecule has 0 saturated heterocycles. The molecule has 2 nitrogen and oxygen atoms in total. The number of rotatable bonds is 1. The van der Waals surface area contributed by atoms with E-state index >= 15 is 0 Å². The van der Waals surface area contributed by atoms with E-state index in [1.54, 1.807) is 12.1 Å². The van der Waals surface area contributed by atoms with Crippen molar-refractivity contribution in [3.05, 3.63) is 53.2 Å². The summed E-state index contributed by atoms with van der Waals surface area (Å²) in [6.07, 6.45) is 0.551. The number of aryl methyl sites for hydroxylation is 1. The van der Waals surface area contributed by atoms with Crippen LogP contribution in [0.4, 0.5) is 13.2 Å². The van der Waals surface area contributed by atoms with E-state index in [2.05, 4.69) is 0 Å². The van der Waals surface area contributed by atoms with E-state index in [1.807, 2.05) is 12.1 Å². The molecule has 2 heterocycles. The summed E-state index contributed by atoms with van der Waals surface area (Å²) in [6, 6.07) is 9.99. The van der Waals surface area contributed by atoms with Crippen molar-refractivity contribution in [3.8, 4) is 0 Å². The van der Waals surface area contributed by atoms with E-state index in [0.717, 1.165) is 5.56 Å². The second-order valence-electron chi connectivity index (χ2n) is 4.49. The van der Waals surface area contributed by atoms with Crippen LogP contribution in [0, 0.1) is 0 Å². The van der Waals surface area contributed by atoms with Gasteiger partial charge in [0.25, 0.3) is 0 Å². The van der Waals surface area contributed by atoms with Crippen molar-refractivity contribution < 1.29 is 18.0 Å². The van der Waals surface area contributed by atoms with E-state index in [1.165, 1.54) is 16.7 Å². The maximum absolute atomic E-state index is 12.5. The average molecular weight is 297 g/mol. The average Bonchev–Trinajstić information content (AvgIpc) is 2.70. The molecule has 1 aliphatic heterocycles. The summed E-state index contributed by atoms with van der Waals surface area (Å²) in [6.45, 7) is 0.378. The topological polar surface area (TPSA) is 22.0 Å². The van der Waals surface area contributed by atoms with Crippen LogP contribution in [0.25, 0.3) is 0 Å². The van der Waals surface area contributed by atoms with E-state index < -0.39 is 5.51 Å². The van der Waals surface area contributed by atoms with Gasteiger partial charge in [-0.1, -0.05) is 24.3 Å². The smallest absolute Gasteiger partial charge is 0.332 e. The number of halogens is 3. The third kappa shape index (κ3) is 2.35. The van der Waals surface area contributed by atoms with Crippen molar-refractivity contribution in [1.29, 1.82) is 0 Å². The lowest BCUT2D eigenvalue weighted by Crippen LogP contribution is -2.10. The SMILES string of the molecule is O=C1c2ccccc2CCn2c(SC(F)(F)F)ccc21. The van der Waals surface area contributed by atoms with E-state index in [0.29, 0.717) is 24.2 Å². The van der Waals surface area contributed by atoms with Crippen LogP contribution >= 0.6 is 11.8 Å². The molecule has 0 aliphatic carbocycles. The molecule has 0 amide bonds. The van der Waals surface area contributed by atoms with Gasteiger partial charge < -0.3 is 4.57 Å². The summed E-state index contributed by atoms with van der Waals surface area (Å²) < 4.78 is 39.0. The molecule has 3 rings (SSSR count). The summed E-state index contributed by atoms with van der Waals surface area (Å²) in [5.74, 6) is -0.216. The Labute approximate surface area is 117 Å². The first-order chi connectivity index (χ1) is 9.46. The third-order valence-corrected chi connectivity index (χ3v) is 4.06. The standard InChI is InChI=1S/C14H10F3NOS/c15-14(16,17)20-12-6-5-11-13(19)10-4-2-1-3-9(10)7-8-18(11)12/h1-6H,7-8H2. The zero-order valence-corrected chi connectivity index (χ0v) is 11.1. The molecular formula is C14H10F3NOS. The second kappa shape index (κ2) is 4.70. The number of hydrogen-bond acceptors (Lipinski definition) is 2. The lowest BCUT2D eigenvalue weighted by molar-refractivity contribution is -0.0330. The van der Waals surface area contributed by atoms with Crippen LogP contribution in [0.1, 0.15) is 21.6 Å². The molecule has 1 aliphatic rings. The van der Waals surface area contributed by atoms with E-state index in [9.17, 15) is 18.0 Å². The Morgan fingerprint density at radius 3 is 2.60 bits per heavy atom. The highest BCUT2D eigenvalue weighted by Gasteiger charge is 2.32. The highest BCUT2D eigenvalue weighted by atomic mass is 32.2. The largest absolute Gasteiger partial charge is 0.447 e. The number of carbonyl (C=O) groups is 1. The summed E-state index contributed by atoms with van der Waals surface area (Å²) in [5, 5.41) is 0.0636. The Balaban J connectivity index is 2.04. The van der Waals surface area contributed by atoms with Gasteiger partial charge in [0.1, 0.15) is 0 Å². The monoisotopic (exact) mass is 297 g/mol. The number of aromatic nitrogens is 1. The minimum absolute atomic E-state index is 0.0636. The van der Waals surface area contributed by atoms with E-state index in [-0.39, 0.29) is 22.6 Å². The predicted octanol–water partition coefficient (Wildman–Crippen LogP) is 3.89. The van der Waals surface area contributed by atoms with Gasteiger partial charge in [0.2, 0.25) is 5.78 Å². The first kappa shape index (κ1) is 13.3. The Bertz CT molecular complexity index is 675. The van der Waals surface area contributed by atoms with Crippen LogP contribution in [-0.2, 0) is 13.0 Å². The number of carbonyl (C=O) groups excluding carboxylic acids is 1. The summed E-state index contributed by atoms with van der Waals surface area (Å²) >= 11 is -0.177. The molecule has 1 aromatic carbocycles. The fourth-order valence-electron chi connectivity index (χ4n) is 2.42. The molecule has 0 N–H and O–H groups in total. The third-order valence-electron chi connectivity index (χ3n) is 3.26. The van der Waals surface area contributed by atoms with Crippen molar-refractivity contribution in [2.75, 3.05) is 0 Å². The maximum atomic E-state index is 12.5. The number of hydrogen-bond donors (Lipinski definition) is 0. The number of ketones is 1. The molecule has 20 heavy (non-hydrogen) atoms. The quantitative estimate of drug-likeness (QED) is 0.745. The molecule has 0 unspecified atom stereocenters. The fraction of sp³-hybridized carbons (Fsp3) is 0.214. The van der Waals surface area contributed by atoms with Gasteiger partial charge in [0, 0.05) is 23.9 Å². The molecule has 104 valence electrons. The van der Waals surface area contributed by atoms with Crippen molar-refractivity contribution in [2.24, 2.45) is 0 Å². The molecule has 0 bridgehead atoms. The zero-order chi connectivity index (χ0) is 14.3. The van der Waals surface area contributed by atoms with Crippen molar-refractivity contribution in [3.63, 3.8) is 0 Å². The first-order valence-corrected chi connectivity index (χ1v) is 6.85. The number of thioether (sulfide) groups is 1. The van der Waals surface area contributed by atoms with Gasteiger partial charge in [-0.3, -0.25) is 4.79 Å². The van der Waals surface area contributed by atoms with Crippen LogP contribution in [0.15, 0.2) is 41.4 Å². The van der Waals surface area contributed by atoms with Crippen molar-refractivity contribution in [2.45, 2.75) is 23.5 Å². The van der Waals surface area contributed by atoms with Gasteiger partial charge in [-0.15, -0.1) is 0 Å². The molecular weight excluding hydrogens is 287 g/mol. The second-order valence-corrected chi connectivity index (χ2v) is 5.58. The number of benzene rings is 1. The van der Waals surface area contributed by atoms with Gasteiger partial charge in [-0.2, -0.15) is 13.2 Å². The highest BCUT2D eigenvalue weighted by Crippen LogP contribution is 2.38. The normalized spacial score (nSPS) is 14.7. The summed E-state index contributed by atoms with van der Waals surface area (Å²) in [5.41, 5.74) is -2.57. The van der Waals surface area contributed by atoms with Crippen LogP contribution in [0.2, 0.25) is 0 Å². The number of fused-ring (bicyclic) bond motifs is 2. The van der Waals surface area contributed by atoms with Crippen LogP contribution in [0.5, 0.6) is 0 Å². The van der Waals surface area contributed by atoms with Crippen LogP contribution in [0.3, 0.4) is 0 Å². The van der Waals surface area contributed by atoms with Crippen molar-refractivity contribution in [1.82, 2.24) is 4.57 Å². The minimum atomic E-state index is -4.35. The highest BCUT2D eigenvalue weighted by molar-refractivity contribution is 8.00. The molecule has 1 aromatic heterocycles. The van der Waals surface area contributed by atoms with Gasteiger partial charge in [0.15, 0.2) is 0 Å². The first-order valence-electron chi connectivity index (χ1n) is 6.03. The number of nitrogens with zero attached hydrogens (tertiary/aromatic N) is 1. The summed E-state index contributed by atoms with van der Waals surface area (Å²) in [4.78, 5) is 12.4. The molecule has 0 saturated carbocycles. The molecule has 0 atom stereocenters. The Morgan fingerprint density at radius 2 is 1.85 bits per heavy atom. The Hall–Kier alpha value is -1.69. The predicted molar refractivity (Wildman–Crippen MR) is 69.9 cm³/mol. The van der Waals surface area contributed by atoms with Gasteiger partial charge >= 0.3 is 5.51 Å². The zero-order valence-electron chi connectivity index (χ0n) is 10.3. The lowest BCUT2D eigenvalue weighted by atomic mass is 10.0. The van der Waals surface area contributed by atoms with Crippen LogP contribution in [-0.4, -0.2) is 15.9 Å². The lowest BCUT2D eigenvalue weighted by Gasteiger charge is -2.10. The van der Waals surface area contributed by atoms with Crippen molar-refractivity contribution >= 4 is 17.5 Å². The molecule has 6 heteroatoms. The fourth-order valence-corrected chi connectivity index (χ4v) is 3.09. The molecule has 2 aromatic rings. The Morgan fingerprint density at radius 1 is 1.10 bits per heavy atom. The van der Waals surface area contributed by atoms with Crippen LogP contribution < -0.4 is 0 Å². The minimum Gasteiger partial charge on any atom is -0.332 e. The molecule has 0 fully saturated rings. The summed E-state index contributed by atoms with van der Waals surface area (Å²) in [7, 11) is 0.